The number of halogens is 1. The van der Waals surface area contributed by atoms with Gasteiger partial charge in [0.05, 0.1) is 35.8 Å². The summed E-state index contributed by atoms with van der Waals surface area (Å²) in [4.78, 5) is 15.6. The van der Waals surface area contributed by atoms with E-state index in [9.17, 15) is 0 Å². The Labute approximate surface area is 165 Å². The highest BCUT2D eigenvalue weighted by atomic mass is 35.5. The number of aryl methyl sites for hydroxylation is 2. The molecule has 2 fully saturated rings. The van der Waals surface area contributed by atoms with E-state index in [4.69, 9.17) is 22.1 Å². The van der Waals surface area contributed by atoms with Crippen molar-refractivity contribution in [2.24, 2.45) is 5.41 Å². The number of anilines is 2. The van der Waals surface area contributed by atoms with E-state index in [1.165, 1.54) is 19.3 Å². The maximum atomic E-state index is 6.21. The molecule has 4 rings (SSSR count). The van der Waals surface area contributed by atoms with Gasteiger partial charge in [0.2, 0.25) is 0 Å². The van der Waals surface area contributed by atoms with E-state index in [1.807, 2.05) is 18.5 Å². The molecule has 7 heteroatoms. The fourth-order valence-electron chi connectivity index (χ4n) is 4.20. The normalized spacial score (nSPS) is 21.7. The van der Waals surface area contributed by atoms with Crippen LogP contribution in [0, 0.1) is 5.41 Å². The predicted molar refractivity (Wildman–Crippen MR) is 107 cm³/mol. The standard InChI is InChI=1S/C20H26ClN5O/c1-14-10-20(13-27-14)5-8-26(9-6-20)17-12-24-16(11-25-17)3-2-15-4-7-23-19(22)18(15)21/h4,7,11-12,14H,2-3,5-6,8-10,13H2,1H3,(H2,22,23)/t14-/m0/s1. The van der Waals surface area contributed by atoms with Crippen LogP contribution < -0.4 is 10.6 Å². The minimum absolute atomic E-state index is 0.375. The van der Waals surface area contributed by atoms with Gasteiger partial charge in [0.1, 0.15) is 11.6 Å². The summed E-state index contributed by atoms with van der Waals surface area (Å²) in [6.07, 6.45) is 10.9. The Morgan fingerprint density at radius 1 is 1.22 bits per heavy atom. The van der Waals surface area contributed by atoms with Gasteiger partial charge in [0.15, 0.2) is 0 Å². The van der Waals surface area contributed by atoms with Gasteiger partial charge in [-0.2, -0.15) is 0 Å². The number of ether oxygens (including phenoxy) is 1. The smallest absolute Gasteiger partial charge is 0.147 e. The van der Waals surface area contributed by atoms with Crippen LogP contribution in [0.4, 0.5) is 11.6 Å². The monoisotopic (exact) mass is 387 g/mol. The number of nitrogen functional groups attached to an aromatic ring is 1. The molecule has 2 aliphatic heterocycles. The Balaban J connectivity index is 1.33. The van der Waals surface area contributed by atoms with Gasteiger partial charge in [-0.15, -0.1) is 0 Å². The zero-order chi connectivity index (χ0) is 18.9. The highest BCUT2D eigenvalue weighted by Gasteiger charge is 2.41. The van der Waals surface area contributed by atoms with Crippen molar-refractivity contribution in [2.45, 2.75) is 45.1 Å². The summed E-state index contributed by atoms with van der Waals surface area (Å²) in [5, 5.41) is 0.537. The van der Waals surface area contributed by atoms with Gasteiger partial charge in [0, 0.05) is 19.3 Å². The summed E-state index contributed by atoms with van der Waals surface area (Å²) >= 11 is 6.21. The molecule has 2 N–H and O–H groups in total. The van der Waals surface area contributed by atoms with Crippen molar-refractivity contribution in [3.05, 3.63) is 40.9 Å². The molecule has 2 saturated heterocycles. The Morgan fingerprint density at radius 3 is 2.70 bits per heavy atom. The van der Waals surface area contributed by atoms with Crippen LogP contribution in [0.3, 0.4) is 0 Å². The number of aromatic nitrogens is 3. The third-order valence-corrected chi connectivity index (χ3v) is 6.32. The summed E-state index contributed by atoms with van der Waals surface area (Å²) in [6, 6.07) is 1.90. The van der Waals surface area contributed by atoms with Gasteiger partial charge in [-0.1, -0.05) is 11.6 Å². The molecule has 1 atom stereocenters. The minimum Gasteiger partial charge on any atom is -0.382 e. The number of hydrogen-bond donors (Lipinski definition) is 1. The van der Waals surface area contributed by atoms with Gasteiger partial charge >= 0.3 is 0 Å². The van der Waals surface area contributed by atoms with E-state index in [2.05, 4.69) is 26.8 Å². The lowest BCUT2D eigenvalue weighted by Crippen LogP contribution is -2.41. The number of piperidine rings is 1. The van der Waals surface area contributed by atoms with E-state index in [-0.39, 0.29) is 0 Å². The van der Waals surface area contributed by atoms with E-state index in [0.717, 1.165) is 49.6 Å². The van der Waals surface area contributed by atoms with Crippen molar-refractivity contribution in [2.75, 3.05) is 30.3 Å². The molecule has 0 radical (unpaired) electrons. The molecule has 144 valence electrons. The highest BCUT2D eigenvalue weighted by Crippen LogP contribution is 2.42. The summed E-state index contributed by atoms with van der Waals surface area (Å²) in [7, 11) is 0. The zero-order valence-electron chi connectivity index (χ0n) is 15.7. The van der Waals surface area contributed by atoms with Crippen molar-refractivity contribution in [1.82, 2.24) is 15.0 Å². The number of nitrogens with two attached hydrogens (primary N) is 1. The maximum Gasteiger partial charge on any atom is 0.147 e. The molecule has 0 saturated carbocycles. The van der Waals surface area contributed by atoms with Crippen molar-refractivity contribution in [3.63, 3.8) is 0 Å². The number of rotatable bonds is 4. The van der Waals surface area contributed by atoms with Gasteiger partial charge < -0.3 is 15.4 Å². The Bertz CT molecular complexity index is 789. The summed E-state index contributed by atoms with van der Waals surface area (Å²) < 4.78 is 5.81. The second-order valence-electron chi connectivity index (χ2n) is 7.85. The molecule has 1 spiro atoms. The Hall–Kier alpha value is -1.92. The lowest BCUT2D eigenvalue weighted by Gasteiger charge is -2.38. The summed E-state index contributed by atoms with van der Waals surface area (Å²) in [5.74, 6) is 1.34. The molecular formula is C20H26ClN5O. The molecular weight excluding hydrogens is 362 g/mol. The molecule has 0 amide bonds. The third-order valence-electron chi connectivity index (χ3n) is 5.88. The largest absolute Gasteiger partial charge is 0.382 e. The van der Waals surface area contributed by atoms with E-state index >= 15 is 0 Å². The Kier molecular flexibility index (Phi) is 5.19. The minimum atomic E-state index is 0.375. The number of pyridine rings is 1. The van der Waals surface area contributed by atoms with Crippen LogP contribution in [-0.4, -0.2) is 40.8 Å². The number of nitrogens with zero attached hydrogens (tertiary/aromatic N) is 4. The van der Waals surface area contributed by atoms with Crippen molar-refractivity contribution < 1.29 is 4.74 Å². The van der Waals surface area contributed by atoms with E-state index in [1.54, 1.807) is 6.20 Å². The number of hydrogen-bond acceptors (Lipinski definition) is 6. The average molecular weight is 388 g/mol. The van der Waals surface area contributed by atoms with Gasteiger partial charge in [-0.05, 0) is 56.1 Å². The van der Waals surface area contributed by atoms with Gasteiger partial charge in [-0.3, -0.25) is 4.98 Å². The van der Waals surface area contributed by atoms with E-state index < -0.39 is 0 Å². The fourth-order valence-corrected chi connectivity index (χ4v) is 4.41. The van der Waals surface area contributed by atoms with Crippen LogP contribution in [0.15, 0.2) is 24.7 Å². The molecule has 2 aromatic rings. The molecule has 0 unspecified atom stereocenters. The molecule has 27 heavy (non-hydrogen) atoms. The van der Waals surface area contributed by atoms with Crippen molar-refractivity contribution in [1.29, 1.82) is 0 Å². The molecule has 0 aromatic carbocycles. The lowest BCUT2D eigenvalue weighted by molar-refractivity contribution is 0.0976. The summed E-state index contributed by atoms with van der Waals surface area (Å²) in [5.41, 5.74) is 8.09. The van der Waals surface area contributed by atoms with Crippen molar-refractivity contribution >= 4 is 23.2 Å². The highest BCUT2D eigenvalue weighted by molar-refractivity contribution is 6.33. The van der Waals surface area contributed by atoms with Crippen LogP contribution in [0.25, 0.3) is 0 Å². The molecule has 0 aliphatic carbocycles. The second kappa shape index (κ2) is 7.60. The van der Waals surface area contributed by atoms with Crippen LogP contribution in [0.1, 0.15) is 37.4 Å². The van der Waals surface area contributed by atoms with Gasteiger partial charge in [0.25, 0.3) is 0 Å². The fraction of sp³-hybridized carbons (Fsp3) is 0.550. The van der Waals surface area contributed by atoms with Crippen LogP contribution in [0.5, 0.6) is 0 Å². The Morgan fingerprint density at radius 2 is 2.04 bits per heavy atom. The first-order chi connectivity index (χ1) is 13.0. The predicted octanol–water partition coefficient (Wildman–Crippen LogP) is 3.29. The first-order valence-corrected chi connectivity index (χ1v) is 9.99. The lowest BCUT2D eigenvalue weighted by atomic mass is 9.77. The topological polar surface area (TPSA) is 77.2 Å². The third kappa shape index (κ3) is 4.01. The summed E-state index contributed by atoms with van der Waals surface area (Å²) in [6.45, 7) is 5.14. The molecule has 2 aromatic heterocycles. The SMILES string of the molecule is C[C@H]1CC2(CCN(c3cnc(CCc4ccnc(N)c4Cl)cn3)CC2)CO1. The molecule has 6 nitrogen and oxygen atoms in total. The maximum absolute atomic E-state index is 6.21. The zero-order valence-corrected chi connectivity index (χ0v) is 16.5. The molecule has 4 heterocycles. The van der Waals surface area contributed by atoms with Gasteiger partial charge in [-0.25, -0.2) is 9.97 Å². The van der Waals surface area contributed by atoms with Crippen LogP contribution in [-0.2, 0) is 17.6 Å². The van der Waals surface area contributed by atoms with Crippen LogP contribution >= 0.6 is 11.6 Å². The van der Waals surface area contributed by atoms with Crippen LogP contribution in [0.2, 0.25) is 5.02 Å². The van der Waals surface area contributed by atoms with Crippen molar-refractivity contribution in [3.8, 4) is 0 Å². The quantitative estimate of drug-likeness (QED) is 0.867. The average Bonchev–Trinajstić information content (AvgIpc) is 3.04. The molecule has 2 aliphatic rings. The first-order valence-electron chi connectivity index (χ1n) is 9.61. The molecule has 0 bridgehead atoms. The first kappa shape index (κ1) is 18.4. The second-order valence-corrected chi connectivity index (χ2v) is 8.23. The van der Waals surface area contributed by atoms with E-state index in [0.29, 0.717) is 22.4 Å².